The lowest BCUT2D eigenvalue weighted by molar-refractivity contribution is -0.117. The van der Waals surface area contributed by atoms with Crippen LogP contribution in [0.15, 0.2) is 59.8 Å². The Morgan fingerprint density at radius 1 is 1.10 bits per heavy atom. The SMILES string of the molecule is CCOC(=O)NC(=O)CSc1nnc(-c2ccccc2F)n1Cc1ccccc1. The first-order valence-corrected chi connectivity index (χ1v) is 9.88. The fourth-order valence-corrected chi connectivity index (χ4v) is 3.33. The number of thioether (sulfide) groups is 1. The Kier molecular flexibility index (Phi) is 6.96. The third kappa shape index (κ3) is 5.41. The number of nitrogens with one attached hydrogen (secondary N) is 1. The molecular weight excluding hydrogens is 395 g/mol. The molecule has 1 heterocycles. The highest BCUT2D eigenvalue weighted by molar-refractivity contribution is 7.99. The molecule has 3 aromatic rings. The highest BCUT2D eigenvalue weighted by Crippen LogP contribution is 2.26. The first-order chi connectivity index (χ1) is 14.1. The largest absolute Gasteiger partial charge is 0.450 e. The van der Waals surface area contributed by atoms with E-state index in [9.17, 15) is 14.0 Å². The molecule has 2 aromatic carbocycles. The topological polar surface area (TPSA) is 86.1 Å². The molecule has 1 aromatic heterocycles. The predicted molar refractivity (Wildman–Crippen MR) is 107 cm³/mol. The van der Waals surface area contributed by atoms with Crippen LogP contribution in [-0.4, -0.2) is 39.1 Å². The van der Waals surface area contributed by atoms with Gasteiger partial charge in [-0.3, -0.25) is 14.7 Å². The molecule has 2 amide bonds. The Labute approximate surface area is 171 Å². The van der Waals surface area contributed by atoms with E-state index in [1.54, 1.807) is 29.7 Å². The summed E-state index contributed by atoms with van der Waals surface area (Å²) in [7, 11) is 0. The van der Waals surface area contributed by atoms with E-state index in [-0.39, 0.29) is 12.4 Å². The van der Waals surface area contributed by atoms with Gasteiger partial charge >= 0.3 is 6.09 Å². The van der Waals surface area contributed by atoms with Crippen LogP contribution in [0, 0.1) is 5.82 Å². The minimum absolute atomic E-state index is 0.0665. The second-order valence-electron chi connectivity index (χ2n) is 5.92. The molecule has 7 nitrogen and oxygen atoms in total. The van der Waals surface area contributed by atoms with E-state index in [1.807, 2.05) is 30.3 Å². The molecule has 3 rings (SSSR count). The van der Waals surface area contributed by atoms with Crippen molar-refractivity contribution in [2.24, 2.45) is 0 Å². The number of alkyl carbamates (subject to hydrolysis) is 1. The van der Waals surface area contributed by atoms with Gasteiger partial charge in [-0.1, -0.05) is 54.2 Å². The van der Waals surface area contributed by atoms with Crippen molar-refractivity contribution in [2.45, 2.75) is 18.6 Å². The van der Waals surface area contributed by atoms with E-state index >= 15 is 0 Å². The van der Waals surface area contributed by atoms with Gasteiger partial charge in [0.15, 0.2) is 11.0 Å². The molecule has 0 saturated carbocycles. The Morgan fingerprint density at radius 2 is 1.83 bits per heavy atom. The number of imide groups is 1. The summed E-state index contributed by atoms with van der Waals surface area (Å²) < 4.78 is 20.8. The number of hydrogen-bond donors (Lipinski definition) is 1. The minimum Gasteiger partial charge on any atom is -0.450 e. The average Bonchev–Trinajstić information content (AvgIpc) is 3.10. The molecule has 0 bridgehead atoms. The van der Waals surface area contributed by atoms with E-state index in [0.717, 1.165) is 17.3 Å². The van der Waals surface area contributed by atoms with E-state index in [1.165, 1.54) is 6.07 Å². The van der Waals surface area contributed by atoms with Gasteiger partial charge in [-0.05, 0) is 24.6 Å². The third-order valence-electron chi connectivity index (χ3n) is 3.86. The maximum atomic E-state index is 14.3. The second kappa shape index (κ2) is 9.83. The van der Waals surface area contributed by atoms with Gasteiger partial charge in [-0.2, -0.15) is 0 Å². The highest BCUT2D eigenvalue weighted by Gasteiger charge is 2.19. The van der Waals surface area contributed by atoms with Gasteiger partial charge in [0.25, 0.3) is 0 Å². The zero-order valence-corrected chi connectivity index (χ0v) is 16.5. The number of aromatic nitrogens is 3. The molecule has 0 radical (unpaired) electrons. The summed E-state index contributed by atoms with van der Waals surface area (Å²) in [6.45, 7) is 2.22. The molecule has 0 aliphatic rings. The van der Waals surface area contributed by atoms with Crippen molar-refractivity contribution >= 4 is 23.8 Å². The number of carbonyl (C=O) groups is 2. The molecule has 0 spiro atoms. The van der Waals surface area contributed by atoms with E-state index < -0.39 is 17.8 Å². The number of benzene rings is 2. The Hall–Kier alpha value is -3.20. The zero-order chi connectivity index (χ0) is 20.6. The zero-order valence-electron chi connectivity index (χ0n) is 15.7. The first-order valence-electron chi connectivity index (χ1n) is 8.90. The Morgan fingerprint density at radius 3 is 2.55 bits per heavy atom. The lowest BCUT2D eigenvalue weighted by Gasteiger charge is -2.11. The van der Waals surface area contributed by atoms with Crippen LogP contribution in [0.5, 0.6) is 0 Å². The molecule has 0 saturated heterocycles. The summed E-state index contributed by atoms with van der Waals surface area (Å²) in [4.78, 5) is 23.3. The fraction of sp³-hybridized carbons (Fsp3) is 0.200. The molecule has 0 aliphatic heterocycles. The number of halogens is 1. The van der Waals surface area contributed by atoms with E-state index in [2.05, 4.69) is 20.3 Å². The normalized spacial score (nSPS) is 10.6. The molecule has 0 aliphatic carbocycles. The van der Waals surface area contributed by atoms with Crippen LogP contribution in [-0.2, 0) is 16.1 Å². The van der Waals surface area contributed by atoms with Crippen molar-refractivity contribution in [1.82, 2.24) is 20.1 Å². The van der Waals surface area contributed by atoms with Crippen LogP contribution in [0.1, 0.15) is 12.5 Å². The van der Waals surface area contributed by atoms with Crippen LogP contribution < -0.4 is 5.32 Å². The fourth-order valence-electron chi connectivity index (χ4n) is 2.59. The van der Waals surface area contributed by atoms with Crippen LogP contribution >= 0.6 is 11.8 Å². The molecule has 150 valence electrons. The summed E-state index contributed by atoms with van der Waals surface area (Å²) >= 11 is 1.10. The maximum Gasteiger partial charge on any atom is 0.413 e. The van der Waals surface area contributed by atoms with Gasteiger partial charge in [-0.15, -0.1) is 10.2 Å². The van der Waals surface area contributed by atoms with Crippen molar-refractivity contribution < 1.29 is 18.7 Å². The predicted octanol–water partition coefficient (Wildman–Crippen LogP) is 3.50. The summed E-state index contributed by atoms with van der Waals surface area (Å²) in [5.41, 5.74) is 1.29. The number of ether oxygens (including phenoxy) is 1. The smallest absolute Gasteiger partial charge is 0.413 e. The first kappa shape index (κ1) is 20.5. The maximum absolute atomic E-state index is 14.3. The quantitative estimate of drug-likeness (QED) is 0.596. The molecule has 1 N–H and O–H groups in total. The lowest BCUT2D eigenvalue weighted by Crippen LogP contribution is -2.32. The van der Waals surface area contributed by atoms with Gasteiger partial charge in [0, 0.05) is 0 Å². The number of nitrogens with zero attached hydrogens (tertiary/aromatic N) is 3. The second-order valence-corrected chi connectivity index (χ2v) is 6.86. The van der Waals surface area contributed by atoms with Gasteiger partial charge < -0.3 is 4.74 Å². The van der Waals surface area contributed by atoms with E-state index in [4.69, 9.17) is 0 Å². The van der Waals surface area contributed by atoms with Crippen LogP contribution in [0.4, 0.5) is 9.18 Å². The molecule has 0 atom stereocenters. The molecular formula is C20H19FN4O3S. The van der Waals surface area contributed by atoms with Crippen molar-refractivity contribution in [3.05, 3.63) is 66.0 Å². The summed E-state index contributed by atoms with van der Waals surface area (Å²) in [5, 5.41) is 10.8. The van der Waals surface area contributed by atoms with Crippen LogP contribution in [0.2, 0.25) is 0 Å². The molecule has 0 fully saturated rings. The van der Waals surface area contributed by atoms with Gasteiger partial charge in [0.05, 0.1) is 24.5 Å². The van der Waals surface area contributed by atoms with Crippen LogP contribution in [0.25, 0.3) is 11.4 Å². The van der Waals surface area contributed by atoms with Crippen molar-refractivity contribution in [3.63, 3.8) is 0 Å². The Bertz CT molecular complexity index is 994. The summed E-state index contributed by atoms with van der Waals surface area (Å²) in [6.07, 6.45) is -0.795. The number of hydrogen-bond acceptors (Lipinski definition) is 6. The molecule has 29 heavy (non-hydrogen) atoms. The van der Waals surface area contributed by atoms with Gasteiger partial charge in [0.2, 0.25) is 5.91 Å². The van der Waals surface area contributed by atoms with Crippen molar-refractivity contribution in [3.8, 4) is 11.4 Å². The number of rotatable bonds is 7. The summed E-state index contributed by atoms with van der Waals surface area (Å²) in [5.74, 6) is -0.635. The standard InChI is InChI=1S/C20H19FN4O3S/c1-2-28-20(27)22-17(26)13-29-19-24-23-18(15-10-6-7-11-16(15)21)25(19)12-14-8-4-3-5-9-14/h3-11H,2,12-13H2,1H3,(H,22,26,27). The molecule has 0 unspecified atom stereocenters. The minimum atomic E-state index is -0.795. The third-order valence-corrected chi connectivity index (χ3v) is 4.83. The lowest BCUT2D eigenvalue weighted by atomic mass is 10.2. The van der Waals surface area contributed by atoms with Crippen LogP contribution in [0.3, 0.4) is 0 Å². The monoisotopic (exact) mass is 414 g/mol. The van der Waals surface area contributed by atoms with Crippen molar-refractivity contribution in [2.75, 3.05) is 12.4 Å². The number of carbonyl (C=O) groups excluding carboxylic acids is 2. The highest BCUT2D eigenvalue weighted by atomic mass is 32.2. The Balaban J connectivity index is 1.84. The van der Waals surface area contributed by atoms with Gasteiger partial charge in [0.1, 0.15) is 5.82 Å². The van der Waals surface area contributed by atoms with Crippen molar-refractivity contribution in [1.29, 1.82) is 0 Å². The van der Waals surface area contributed by atoms with Gasteiger partial charge in [-0.25, -0.2) is 9.18 Å². The molecule has 9 heteroatoms. The summed E-state index contributed by atoms with van der Waals surface area (Å²) in [6, 6.07) is 15.9. The van der Waals surface area contributed by atoms with E-state index in [0.29, 0.717) is 23.1 Å². The average molecular weight is 414 g/mol. The number of amides is 2.